The maximum atomic E-state index is 10.4. The highest BCUT2D eigenvalue weighted by atomic mass is 16.5. The Morgan fingerprint density at radius 1 is 1.70 bits per heavy atom. The summed E-state index contributed by atoms with van der Waals surface area (Å²) < 4.78 is 5.08. The van der Waals surface area contributed by atoms with Crippen molar-refractivity contribution in [3.05, 3.63) is 12.2 Å². The molecule has 10 heavy (non-hydrogen) atoms. The van der Waals surface area contributed by atoms with Crippen molar-refractivity contribution >= 4 is 6.29 Å². The molecule has 56 valence electrons. The van der Waals surface area contributed by atoms with Gasteiger partial charge in [0.05, 0.1) is 6.10 Å². The second-order valence-corrected chi connectivity index (χ2v) is 2.51. The van der Waals surface area contributed by atoms with Crippen LogP contribution in [0.2, 0.25) is 0 Å². The van der Waals surface area contributed by atoms with E-state index in [2.05, 4.69) is 6.08 Å². The number of ether oxygens (including phenoxy) is 1. The van der Waals surface area contributed by atoms with Crippen LogP contribution in [0.15, 0.2) is 12.2 Å². The van der Waals surface area contributed by atoms with Gasteiger partial charge in [-0.2, -0.15) is 0 Å². The van der Waals surface area contributed by atoms with Crippen molar-refractivity contribution in [3.8, 4) is 0 Å². The van der Waals surface area contributed by atoms with Gasteiger partial charge < -0.3 is 9.53 Å². The standard InChI is InChI=1S/C8H12O2/c1-10-8-5-3-2-4-7(8)6-9/h3,5-8H,2,4H2,1H3/t7-,8+/m0/s1. The average Bonchev–Trinajstić information content (AvgIpc) is 2.04. The van der Waals surface area contributed by atoms with E-state index >= 15 is 0 Å². The second-order valence-electron chi connectivity index (χ2n) is 2.51. The van der Waals surface area contributed by atoms with Crippen LogP contribution in [0.25, 0.3) is 0 Å². The summed E-state index contributed by atoms with van der Waals surface area (Å²) in [4.78, 5) is 10.4. The number of hydrogen-bond donors (Lipinski definition) is 0. The SMILES string of the molecule is CO[C@@H]1C=CCC[C@H]1C=O. The zero-order valence-electron chi connectivity index (χ0n) is 6.12. The summed E-state index contributed by atoms with van der Waals surface area (Å²) >= 11 is 0. The monoisotopic (exact) mass is 140 g/mol. The van der Waals surface area contributed by atoms with Crippen molar-refractivity contribution in [2.45, 2.75) is 18.9 Å². The van der Waals surface area contributed by atoms with E-state index in [1.165, 1.54) is 0 Å². The maximum absolute atomic E-state index is 10.4. The molecule has 1 aliphatic carbocycles. The molecule has 1 aliphatic rings. The Morgan fingerprint density at radius 3 is 3.00 bits per heavy atom. The molecule has 0 N–H and O–H groups in total. The zero-order valence-corrected chi connectivity index (χ0v) is 6.12. The molecule has 0 bridgehead atoms. The molecular formula is C8H12O2. The van der Waals surface area contributed by atoms with Crippen molar-refractivity contribution in [3.63, 3.8) is 0 Å². The van der Waals surface area contributed by atoms with E-state index < -0.39 is 0 Å². The molecule has 0 spiro atoms. The molecule has 0 heterocycles. The first-order chi connectivity index (χ1) is 4.88. The van der Waals surface area contributed by atoms with E-state index in [1.807, 2.05) is 6.08 Å². The summed E-state index contributed by atoms with van der Waals surface area (Å²) in [5.41, 5.74) is 0. The van der Waals surface area contributed by atoms with E-state index in [-0.39, 0.29) is 12.0 Å². The van der Waals surface area contributed by atoms with Crippen LogP contribution >= 0.6 is 0 Å². The van der Waals surface area contributed by atoms with Gasteiger partial charge in [0.2, 0.25) is 0 Å². The highest BCUT2D eigenvalue weighted by molar-refractivity contribution is 5.55. The summed E-state index contributed by atoms with van der Waals surface area (Å²) in [5, 5.41) is 0. The van der Waals surface area contributed by atoms with Crippen LogP contribution in [-0.4, -0.2) is 19.5 Å². The number of rotatable bonds is 2. The van der Waals surface area contributed by atoms with Crippen molar-refractivity contribution in [2.24, 2.45) is 5.92 Å². The molecular weight excluding hydrogens is 128 g/mol. The molecule has 0 aromatic heterocycles. The number of allylic oxidation sites excluding steroid dienone is 1. The predicted octanol–water partition coefficient (Wildman–Crippen LogP) is 1.17. The molecule has 2 heteroatoms. The molecule has 2 atom stereocenters. The molecule has 1 rings (SSSR count). The molecule has 0 saturated carbocycles. The number of hydrogen-bond acceptors (Lipinski definition) is 2. The quantitative estimate of drug-likeness (QED) is 0.425. The van der Waals surface area contributed by atoms with Crippen LogP contribution in [0.1, 0.15) is 12.8 Å². The minimum atomic E-state index is 0.0197. The van der Waals surface area contributed by atoms with Gasteiger partial charge >= 0.3 is 0 Å². The van der Waals surface area contributed by atoms with E-state index in [4.69, 9.17) is 4.74 Å². The number of carbonyl (C=O) groups excluding carboxylic acids is 1. The van der Waals surface area contributed by atoms with E-state index in [1.54, 1.807) is 7.11 Å². The van der Waals surface area contributed by atoms with Gasteiger partial charge in [-0.3, -0.25) is 0 Å². The highest BCUT2D eigenvalue weighted by Gasteiger charge is 2.19. The minimum Gasteiger partial charge on any atom is -0.377 e. The molecule has 0 amide bonds. The molecule has 0 aromatic carbocycles. The fourth-order valence-corrected chi connectivity index (χ4v) is 1.22. The van der Waals surface area contributed by atoms with Crippen LogP contribution in [0, 0.1) is 5.92 Å². The van der Waals surface area contributed by atoms with Crippen LogP contribution in [-0.2, 0) is 9.53 Å². The number of carbonyl (C=O) groups is 1. The fourth-order valence-electron chi connectivity index (χ4n) is 1.22. The Kier molecular flexibility index (Phi) is 2.63. The summed E-state index contributed by atoms with van der Waals surface area (Å²) in [6.07, 6.45) is 6.96. The van der Waals surface area contributed by atoms with Crippen LogP contribution in [0.5, 0.6) is 0 Å². The lowest BCUT2D eigenvalue weighted by Crippen LogP contribution is -2.24. The van der Waals surface area contributed by atoms with Gasteiger partial charge in [0.15, 0.2) is 0 Å². The minimum absolute atomic E-state index is 0.0197. The molecule has 0 fully saturated rings. The van der Waals surface area contributed by atoms with Gasteiger partial charge in [-0.05, 0) is 12.8 Å². The largest absolute Gasteiger partial charge is 0.377 e. The lowest BCUT2D eigenvalue weighted by molar-refractivity contribution is -0.114. The Bertz CT molecular complexity index is 140. The van der Waals surface area contributed by atoms with Gasteiger partial charge in [0, 0.05) is 13.0 Å². The maximum Gasteiger partial charge on any atom is 0.126 e. The lowest BCUT2D eigenvalue weighted by atomic mass is 9.93. The first-order valence-corrected chi connectivity index (χ1v) is 3.53. The summed E-state index contributed by atoms with van der Waals surface area (Å²) in [7, 11) is 1.64. The molecule has 0 aliphatic heterocycles. The van der Waals surface area contributed by atoms with Crippen molar-refractivity contribution in [1.29, 1.82) is 0 Å². The molecule has 2 nitrogen and oxygen atoms in total. The second kappa shape index (κ2) is 3.52. The van der Waals surface area contributed by atoms with Crippen molar-refractivity contribution in [1.82, 2.24) is 0 Å². The Morgan fingerprint density at radius 2 is 2.50 bits per heavy atom. The van der Waals surface area contributed by atoms with E-state index in [0.29, 0.717) is 0 Å². The van der Waals surface area contributed by atoms with Gasteiger partial charge in [-0.25, -0.2) is 0 Å². The van der Waals surface area contributed by atoms with Crippen molar-refractivity contribution in [2.75, 3.05) is 7.11 Å². The van der Waals surface area contributed by atoms with Gasteiger partial charge in [-0.15, -0.1) is 0 Å². The molecule has 0 aromatic rings. The smallest absolute Gasteiger partial charge is 0.126 e. The van der Waals surface area contributed by atoms with Crippen molar-refractivity contribution < 1.29 is 9.53 Å². The summed E-state index contributed by atoms with van der Waals surface area (Å²) in [6.45, 7) is 0. The Hall–Kier alpha value is -0.630. The summed E-state index contributed by atoms with van der Waals surface area (Å²) in [5.74, 6) is 0.0787. The van der Waals surface area contributed by atoms with E-state index in [0.717, 1.165) is 19.1 Å². The Labute approximate surface area is 60.9 Å². The first-order valence-electron chi connectivity index (χ1n) is 3.53. The fraction of sp³-hybridized carbons (Fsp3) is 0.625. The molecule has 0 saturated heterocycles. The summed E-state index contributed by atoms with van der Waals surface area (Å²) in [6, 6.07) is 0. The first kappa shape index (κ1) is 7.48. The van der Waals surface area contributed by atoms with Crippen LogP contribution in [0.3, 0.4) is 0 Å². The Balaban J connectivity index is 2.55. The third-order valence-corrected chi connectivity index (χ3v) is 1.86. The lowest BCUT2D eigenvalue weighted by Gasteiger charge is -2.20. The third-order valence-electron chi connectivity index (χ3n) is 1.86. The van der Waals surface area contributed by atoms with Gasteiger partial charge in [0.1, 0.15) is 6.29 Å². The normalized spacial score (nSPS) is 32.1. The number of aldehydes is 1. The predicted molar refractivity (Wildman–Crippen MR) is 38.7 cm³/mol. The average molecular weight is 140 g/mol. The third kappa shape index (κ3) is 1.45. The van der Waals surface area contributed by atoms with Crippen LogP contribution in [0.4, 0.5) is 0 Å². The highest BCUT2D eigenvalue weighted by Crippen LogP contribution is 2.18. The molecule has 0 unspecified atom stereocenters. The number of methoxy groups -OCH3 is 1. The zero-order chi connectivity index (χ0) is 7.40. The molecule has 0 radical (unpaired) electrons. The van der Waals surface area contributed by atoms with Gasteiger partial charge in [0.25, 0.3) is 0 Å². The van der Waals surface area contributed by atoms with Gasteiger partial charge in [-0.1, -0.05) is 12.2 Å². The van der Waals surface area contributed by atoms with Crippen LogP contribution < -0.4 is 0 Å². The van der Waals surface area contributed by atoms with E-state index in [9.17, 15) is 4.79 Å². The topological polar surface area (TPSA) is 26.3 Å².